The molecule has 10 heteroatoms. The number of pyridine rings is 2. The van der Waals surface area contributed by atoms with E-state index < -0.39 is 23.0 Å². The molecule has 0 spiro atoms. The van der Waals surface area contributed by atoms with Gasteiger partial charge in [-0.2, -0.15) is 0 Å². The third-order valence-corrected chi connectivity index (χ3v) is 8.15. The van der Waals surface area contributed by atoms with Crippen molar-refractivity contribution in [3.8, 4) is 5.88 Å². The van der Waals surface area contributed by atoms with Gasteiger partial charge in [-0.3, -0.25) is 14.6 Å². The molecule has 6 heterocycles. The van der Waals surface area contributed by atoms with Crippen molar-refractivity contribution in [2.75, 3.05) is 11.5 Å². The number of aromatic nitrogens is 2. The van der Waals surface area contributed by atoms with Crippen LogP contribution in [-0.2, 0) is 19.1 Å². The highest BCUT2D eigenvalue weighted by atomic mass is 35.5. The summed E-state index contributed by atoms with van der Waals surface area (Å²) in [6.07, 6.45) is 2.94. The monoisotopic (exact) mass is 518 g/mol. The molecule has 7 rings (SSSR count). The van der Waals surface area contributed by atoms with Gasteiger partial charge in [-0.05, 0) is 25.1 Å². The van der Waals surface area contributed by atoms with E-state index in [9.17, 15) is 9.59 Å². The fourth-order valence-corrected chi connectivity index (χ4v) is 6.55. The van der Waals surface area contributed by atoms with Crippen molar-refractivity contribution in [2.24, 2.45) is 11.8 Å². The predicted molar refractivity (Wildman–Crippen MR) is 134 cm³/mol. The first-order valence-corrected chi connectivity index (χ1v) is 12.0. The largest absolute Gasteiger partial charge is 0.478 e. The van der Waals surface area contributed by atoms with Gasteiger partial charge in [0, 0.05) is 30.3 Å². The Hall–Kier alpha value is -3.58. The second kappa shape index (κ2) is 7.96. The Kier molecular flexibility index (Phi) is 5.12. The lowest BCUT2D eigenvalue weighted by atomic mass is 9.67. The molecule has 1 aromatic carbocycles. The highest BCUT2D eigenvalue weighted by molar-refractivity contribution is 6.30. The van der Waals surface area contributed by atoms with Gasteiger partial charge in [0.1, 0.15) is 23.4 Å². The molecule has 4 saturated heterocycles. The smallest absolute Gasteiger partial charge is 0.240 e. The Morgan fingerprint density at radius 1 is 1.14 bits per heavy atom. The van der Waals surface area contributed by atoms with Crippen molar-refractivity contribution in [3.05, 3.63) is 65.2 Å². The molecule has 3 aromatic rings. The van der Waals surface area contributed by atoms with Crippen LogP contribution in [0.4, 0.5) is 11.4 Å². The van der Waals surface area contributed by atoms with Crippen LogP contribution in [0, 0.1) is 18.4 Å². The number of amides is 2. The summed E-state index contributed by atoms with van der Waals surface area (Å²) in [5, 5.41) is 1.09. The van der Waals surface area contributed by atoms with Gasteiger partial charge in [0.2, 0.25) is 23.4 Å². The number of halogens is 1. The number of fused-ring (bicyclic) bond motifs is 9. The van der Waals surface area contributed by atoms with Gasteiger partial charge >= 0.3 is 0 Å². The molecule has 2 unspecified atom stereocenters. The summed E-state index contributed by atoms with van der Waals surface area (Å²) in [5.74, 6) is -1.60. The maximum atomic E-state index is 14.0. The summed E-state index contributed by atoms with van der Waals surface area (Å²) in [6.45, 7) is 9.54. The molecule has 4 aliphatic rings. The second-order valence-electron chi connectivity index (χ2n) is 9.71. The summed E-state index contributed by atoms with van der Waals surface area (Å²) in [4.78, 5) is 41.1. The van der Waals surface area contributed by atoms with Gasteiger partial charge in [-0.25, -0.2) is 14.7 Å². The van der Waals surface area contributed by atoms with E-state index in [0.29, 0.717) is 39.6 Å². The molecule has 37 heavy (non-hydrogen) atoms. The predicted octanol–water partition coefficient (Wildman–Crippen LogP) is 4.35. The van der Waals surface area contributed by atoms with Crippen LogP contribution in [0.1, 0.15) is 20.8 Å². The van der Waals surface area contributed by atoms with Gasteiger partial charge in [-0.1, -0.05) is 31.2 Å². The molecule has 2 aromatic heterocycles. The fourth-order valence-electron chi connectivity index (χ4n) is 6.44. The number of anilines is 1. The summed E-state index contributed by atoms with van der Waals surface area (Å²) < 4.78 is 18.3. The number of hydrogen-bond acceptors (Lipinski definition) is 7. The maximum Gasteiger partial charge on any atom is 0.240 e. The minimum atomic E-state index is -0.970. The van der Waals surface area contributed by atoms with Crippen molar-refractivity contribution >= 4 is 45.7 Å². The molecule has 4 aliphatic heterocycles. The Morgan fingerprint density at radius 3 is 2.70 bits per heavy atom. The molecule has 2 amide bonds. The van der Waals surface area contributed by atoms with Crippen molar-refractivity contribution in [3.63, 3.8) is 0 Å². The average Bonchev–Trinajstić information content (AvgIpc) is 3.54. The molecule has 188 valence electrons. The summed E-state index contributed by atoms with van der Waals surface area (Å²) in [5.41, 5.74) is -0.618. The number of carbonyl (C=O) groups is 2. The lowest BCUT2D eigenvalue weighted by Gasteiger charge is -2.31. The Morgan fingerprint density at radius 2 is 1.95 bits per heavy atom. The third-order valence-electron chi connectivity index (χ3n) is 7.93. The van der Waals surface area contributed by atoms with Crippen molar-refractivity contribution < 1.29 is 23.8 Å². The molecular weight excluding hydrogens is 496 g/mol. The maximum absolute atomic E-state index is 14.0. The van der Waals surface area contributed by atoms with Gasteiger partial charge in [0.15, 0.2) is 0 Å². The lowest BCUT2D eigenvalue weighted by molar-refractivity contribution is -0.145. The number of imide groups is 1. The Labute approximate surface area is 218 Å². The minimum absolute atomic E-state index is 0. The molecule has 9 nitrogen and oxygen atoms in total. The number of epoxide rings is 1. The first-order valence-electron chi connectivity index (χ1n) is 11.6. The number of hydrogen-bond donors (Lipinski definition) is 0. The normalized spacial score (nSPS) is 32.6. The lowest BCUT2D eigenvalue weighted by Crippen LogP contribution is -2.48. The van der Waals surface area contributed by atoms with E-state index in [0.717, 1.165) is 0 Å². The summed E-state index contributed by atoms with van der Waals surface area (Å²) in [7, 11) is 0. The van der Waals surface area contributed by atoms with Crippen molar-refractivity contribution in [1.82, 2.24) is 9.97 Å². The molecule has 4 fully saturated rings. The number of rotatable bonds is 5. The molecular formula is C27H23ClN4O5. The summed E-state index contributed by atoms with van der Waals surface area (Å²) >= 11 is 5.90. The van der Waals surface area contributed by atoms with E-state index in [1.165, 1.54) is 11.1 Å². The minimum Gasteiger partial charge on any atom is -0.478 e. The van der Waals surface area contributed by atoms with Gasteiger partial charge in [0.05, 0.1) is 41.2 Å². The van der Waals surface area contributed by atoms with Crippen LogP contribution < -0.4 is 9.64 Å². The Balaban J connectivity index is 0.00000252. The van der Waals surface area contributed by atoms with E-state index in [1.807, 2.05) is 6.92 Å². The topological polar surface area (TPSA) is 98.5 Å². The van der Waals surface area contributed by atoms with Crippen LogP contribution in [0.5, 0.6) is 5.88 Å². The van der Waals surface area contributed by atoms with Gasteiger partial charge < -0.3 is 14.2 Å². The molecule has 0 saturated carbocycles. The summed E-state index contributed by atoms with van der Waals surface area (Å²) in [6, 6.07) is 10.1. The zero-order valence-corrected chi connectivity index (χ0v) is 19.8. The van der Waals surface area contributed by atoms with Crippen molar-refractivity contribution in [2.45, 2.75) is 44.2 Å². The third kappa shape index (κ3) is 3.04. The fraction of sp³-hybridized carbons (Fsp3) is 0.370. The molecule has 0 aliphatic carbocycles. The number of ether oxygens (including phenoxy) is 3. The van der Waals surface area contributed by atoms with Crippen LogP contribution in [0.15, 0.2) is 48.8 Å². The first-order chi connectivity index (χ1) is 17.4. The van der Waals surface area contributed by atoms with E-state index >= 15 is 0 Å². The highest BCUT2D eigenvalue weighted by Gasteiger charge is 2.86. The quantitative estimate of drug-likeness (QED) is 0.281. The van der Waals surface area contributed by atoms with Gasteiger partial charge in [-0.15, -0.1) is 0 Å². The van der Waals surface area contributed by atoms with Crippen LogP contribution >= 0.6 is 11.6 Å². The second-order valence-corrected chi connectivity index (χ2v) is 10.2. The zero-order valence-electron chi connectivity index (χ0n) is 19.1. The van der Waals surface area contributed by atoms with Gasteiger partial charge in [0.25, 0.3) is 0 Å². The first kappa shape index (κ1) is 23.8. The molecule has 6 atom stereocenters. The van der Waals surface area contributed by atoms with Crippen LogP contribution in [0.25, 0.3) is 15.7 Å². The highest BCUT2D eigenvalue weighted by Crippen LogP contribution is 2.69. The number of benzene rings is 1. The number of carbonyl (C=O) groups excluding carboxylic acids is 2. The SMILES string of the molecule is C.[C-]#[N+]c1ccc(N2C(=O)[C@@H]3[C@H](C2=O)C2(C)OC3(CCOc3ccc(Cl)cn3)[C@H]3O[C@H]32)c2cccnc12. The standard InChI is InChI=1S/C26H19ClN4O5.CH4/c1-25-18-19(26(36-25,22-21(25)35-22)9-11-34-17-8-5-13(27)12-30-17)24(33)31(23(18)32)16-7-6-15(28-2)20-14(16)4-3-10-29-20;/h3-8,10,12,18-19,21-22H,9,11H2,1H3;1H4/t18-,19+,21-,22+,25?,26?;/m1./s1. The van der Waals surface area contributed by atoms with E-state index in [-0.39, 0.29) is 38.1 Å². The van der Waals surface area contributed by atoms with Crippen molar-refractivity contribution in [1.29, 1.82) is 0 Å². The van der Waals surface area contributed by atoms with E-state index in [4.69, 9.17) is 32.4 Å². The van der Waals surface area contributed by atoms with Crippen LogP contribution in [0.3, 0.4) is 0 Å². The van der Waals surface area contributed by atoms with E-state index in [1.54, 1.807) is 42.6 Å². The molecule has 2 bridgehead atoms. The van der Waals surface area contributed by atoms with E-state index in [2.05, 4.69) is 14.8 Å². The Bertz CT molecular complexity index is 1510. The molecule has 0 N–H and O–H groups in total. The van der Waals surface area contributed by atoms with Crippen LogP contribution in [0.2, 0.25) is 5.02 Å². The average molecular weight is 519 g/mol. The number of nitrogens with zero attached hydrogens (tertiary/aromatic N) is 4. The molecule has 0 radical (unpaired) electrons. The zero-order chi connectivity index (χ0) is 24.8. The van der Waals surface area contributed by atoms with Crippen LogP contribution in [-0.4, -0.2) is 51.8 Å².